The van der Waals surface area contributed by atoms with Crippen LogP contribution < -0.4 is 0 Å². The second-order valence-corrected chi connectivity index (χ2v) is 9.57. The van der Waals surface area contributed by atoms with E-state index in [1.54, 1.807) is 61.7 Å². The van der Waals surface area contributed by atoms with Gasteiger partial charge in [0.25, 0.3) is 17.1 Å². The first-order valence-electron chi connectivity index (χ1n) is 11.0. The standard InChI is InChI=1S/C25H26ClN3O4S/c1-33-15-14-27-10-12-28(13-11-27)23(30)20-6-2-18(3-7-20)16-22-24(31)29(25(32)34-22)17-19-4-8-21(26)9-5-19/h2-9,16H,10-15,17H2,1H3/b22-16-. The second kappa shape index (κ2) is 11.2. The van der Waals surface area contributed by atoms with E-state index in [0.29, 0.717) is 35.2 Å². The SMILES string of the molecule is COCCN1CCN(C(=O)c2ccc(/C=C3\SC(=O)N(Cc4ccc(Cl)cc4)C3=O)cc2)CC1. The number of benzene rings is 2. The maximum Gasteiger partial charge on any atom is 0.293 e. The quantitative estimate of drug-likeness (QED) is 0.537. The van der Waals surface area contributed by atoms with Crippen LogP contribution in [0, 0.1) is 0 Å². The van der Waals surface area contributed by atoms with E-state index in [0.717, 1.165) is 42.5 Å². The van der Waals surface area contributed by atoms with Gasteiger partial charge >= 0.3 is 0 Å². The number of hydrogen-bond donors (Lipinski definition) is 0. The van der Waals surface area contributed by atoms with Crippen molar-refractivity contribution in [2.24, 2.45) is 0 Å². The second-order valence-electron chi connectivity index (χ2n) is 8.14. The molecule has 0 unspecified atom stereocenters. The van der Waals surface area contributed by atoms with Gasteiger partial charge in [0.05, 0.1) is 18.1 Å². The van der Waals surface area contributed by atoms with Gasteiger partial charge in [0.2, 0.25) is 0 Å². The number of nitrogens with zero attached hydrogens (tertiary/aromatic N) is 3. The maximum atomic E-state index is 12.9. The number of ether oxygens (including phenoxy) is 1. The molecule has 2 aliphatic rings. The highest BCUT2D eigenvalue weighted by Gasteiger charge is 2.35. The van der Waals surface area contributed by atoms with Crippen LogP contribution in [0.2, 0.25) is 5.02 Å². The van der Waals surface area contributed by atoms with E-state index in [4.69, 9.17) is 16.3 Å². The summed E-state index contributed by atoms with van der Waals surface area (Å²) < 4.78 is 5.12. The first-order chi connectivity index (χ1) is 16.4. The molecule has 0 radical (unpaired) electrons. The van der Waals surface area contributed by atoms with Gasteiger partial charge in [-0.3, -0.25) is 24.2 Å². The highest BCUT2D eigenvalue weighted by atomic mass is 35.5. The van der Waals surface area contributed by atoms with Crippen molar-refractivity contribution in [2.75, 3.05) is 46.4 Å². The van der Waals surface area contributed by atoms with E-state index >= 15 is 0 Å². The molecule has 0 atom stereocenters. The molecule has 7 nitrogen and oxygen atoms in total. The number of rotatable bonds is 7. The van der Waals surface area contributed by atoms with Crippen molar-refractivity contribution < 1.29 is 19.1 Å². The Hall–Kier alpha value is -2.65. The summed E-state index contributed by atoms with van der Waals surface area (Å²) in [6.07, 6.45) is 1.69. The zero-order chi connectivity index (χ0) is 24.1. The summed E-state index contributed by atoms with van der Waals surface area (Å²) in [6, 6.07) is 14.2. The first kappa shape index (κ1) is 24.5. The van der Waals surface area contributed by atoms with Gasteiger partial charge in [0, 0.05) is 50.4 Å². The molecule has 0 aliphatic carbocycles. The van der Waals surface area contributed by atoms with Crippen LogP contribution in [0.25, 0.3) is 6.08 Å². The molecule has 2 saturated heterocycles. The molecule has 178 valence electrons. The van der Waals surface area contributed by atoms with Crippen molar-refractivity contribution in [2.45, 2.75) is 6.54 Å². The number of imide groups is 1. The van der Waals surface area contributed by atoms with E-state index in [1.165, 1.54) is 4.90 Å². The van der Waals surface area contributed by atoms with Gasteiger partial charge in [-0.1, -0.05) is 35.9 Å². The summed E-state index contributed by atoms with van der Waals surface area (Å²) >= 11 is 6.83. The van der Waals surface area contributed by atoms with E-state index in [-0.39, 0.29) is 23.6 Å². The van der Waals surface area contributed by atoms with Crippen LogP contribution in [0.5, 0.6) is 0 Å². The Balaban J connectivity index is 1.37. The first-order valence-corrected chi connectivity index (χ1v) is 12.2. The van der Waals surface area contributed by atoms with E-state index in [1.807, 2.05) is 4.90 Å². The predicted octanol–water partition coefficient (Wildman–Crippen LogP) is 3.98. The molecule has 0 aromatic heterocycles. The molecule has 0 N–H and O–H groups in total. The molecule has 4 rings (SSSR count). The number of carbonyl (C=O) groups is 3. The molecule has 0 spiro atoms. The molecule has 2 heterocycles. The van der Waals surface area contributed by atoms with Gasteiger partial charge in [-0.2, -0.15) is 0 Å². The van der Waals surface area contributed by atoms with Gasteiger partial charge in [0.1, 0.15) is 0 Å². The highest BCUT2D eigenvalue weighted by Crippen LogP contribution is 2.33. The predicted molar refractivity (Wildman–Crippen MR) is 134 cm³/mol. The fourth-order valence-electron chi connectivity index (χ4n) is 3.86. The van der Waals surface area contributed by atoms with E-state index < -0.39 is 0 Å². The number of piperazine rings is 1. The Morgan fingerprint density at radius 3 is 2.35 bits per heavy atom. The zero-order valence-electron chi connectivity index (χ0n) is 18.9. The third-order valence-electron chi connectivity index (χ3n) is 5.85. The van der Waals surface area contributed by atoms with E-state index in [2.05, 4.69) is 4.90 Å². The van der Waals surface area contributed by atoms with Crippen molar-refractivity contribution >= 4 is 46.5 Å². The lowest BCUT2D eigenvalue weighted by Crippen LogP contribution is -2.49. The van der Waals surface area contributed by atoms with Crippen LogP contribution in [0.15, 0.2) is 53.4 Å². The minimum Gasteiger partial charge on any atom is -0.383 e. The lowest BCUT2D eigenvalue weighted by Gasteiger charge is -2.34. The van der Waals surface area contributed by atoms with Crippen LogP contribution in [-0.2, 0) is 16.1 Å². The Labute approximate surface area is 208 Å². The van der Waals surface area contributed by atoms with Crippen molar-refractivity contribution in [3.05, 3.63) is 75.1 Å². The summed E-state index contributed by atoms with van der Waals surface area (Å²) in [5.74, 6) is -0.322. The fraction of sp³-hybridized carbons (Fsp3) is 0.320. The molecule has 0 bridgehead atoms. The Bertz CT molecular complexity index is 1080. The summed E-state index contributed by atoms with van der Waals surface area (Å²) in [5, 5.41) is 0.298. The number of methoxy groups -OCH3 is 1. The van der Waals surface area contributed by atoms with Crippen molar-refractivity contribution in [1.82, 2.24) is 14.7 Å². The Morgan fingerprint density at radius 2 is 1.71 bits per heavy atom. The molecule has 0 saturated carbocycles. The summed E-state index contributed by atoms with van der Waals surface area (Å²) in [4.78, 5) is 43.8. The monoisotopic (exact) mass is 499 g/mol. The molecule has 2 fully saturated rings. The topological polar surface area (TPSA) is 70.2 Å². The molecule has 9 heteroatoms. The van der Waals surface area contributed by atoms with Gasteiger partial charge in [-0.15, -0.1) is 0 Å². The largest absolute Gasteiger partial charge is 0.383 e. The highest BCUT2D eigenvalue weighted by molar-refractivity contribution is 8.18. The fourth-order valence-corrected chi connectivity index (χ4v) is 4.82. The van der Waals surface area contributed by atoms with Crippen molar-refractivity contribution in [3.63, 3.8) is 0 Å². The lowest BCUT2D eigenvalue weighted by atomic mass is 10.1. The average molecular weight is 500 g/mol. The van der Waals surface area contributed by atoms with E-state index in [9.17, 15) is 14.4 Å². The third kappa shape index (κ3) is 5.88. The normalized spacial score (nSPS) is 18.2. The van der Waals surface area contributed by atoms with Gasteiger partial charge in [0.15, 0.2) is 0 Å². The number of halogens is 1. The average Bonchev–Trinajstić information content (AvgIpc) is 3.11. The van der Waals surface area contributed by atoms with Gasteiger partial charge < -0.3 is 9.64 Å². The van der Waals surface area contributed by atoms with Crippen LogP contribution >= 0.6 is 23.4 Å². The summed E-state index contributed by atoms with van der Waals surface area (Å²) in [5.41, 5.74) is 2.20. The number of thioether (sulfide) groups is 1. The van der Waals surface area contributed by atoms with Crippen LogP contribution in [0.4, 0.5) is 4.79 Å². The van der Waals surface area contributed by atoms with Crippen molar-refractivity contribution in [1.29, 1.82) is 0 Å². The Kier molecular flexibility index (Phi) is 8.05. The van der Waals surface area contributed by atoms with Crippen LogP contribution in [0.3, 0.4) is 0 Å². The lowest BCUT2D eigenvalue weighted by molar-refractivity contribution is -0.123. The molecular weight excluding hydrogens is 474 g/mol. The summed E-state index contributed by atoms with van der Waals surface area (Å²) in [7, 11) is 1.69. The minimum atomic E-state index is -0.323. The molecular formula is C25H26ClN3O4S. The molecule has 34 heavy (non-hydrogen) atoms. The number of amides is 3. The Morgan fingerprint density at radius 1 is 1.03 bits per heavy atom. The molecule has 2 aromatic rings. The van der Waals surface area contributed by atoms with Crippen molar-refractivity contribution in [3.8, 4) is 0 Å². The van der Waals surface area contributed by atoms with Crippen LogP contribution in [0.1, 0.15) is 21.5 Å². The maximum absolute atomic E-state index is 12.9. The molecule has 3 amide bonds. The van der Waals surface area contributed by atoms with Crippen LogP contribution in [-0.4, -0.2) is 78.2 Å². The number of hydrogen-bond acceptors (Lipinski definition) is 6. The van der Waals surface area contributed by atoms with Gasteiger partial charge in [-0.05, 0) is 53.2 Å². The van der Waals surface area contributed by atoms with Gasteiger partial charge in [-0.25, -0.2) is 0 Å². The smallest absolute Gasteiger partial charge is 0.293 e. The minimum absolute atomic E-state index is 0.00114. The molecule has 2 aliphatic heterocycles. The number of carbonyl (C=O) groups excluding carboxylic acids is 3. The zero-order valence-corrected chi connectivity index (χ0v) is 20.5. The summed E-state index contributed by atoms with van der Waals surface area (Å²) in [6.45, 7) is 4.80. The molecule has 2 aromatic carbocycles. The third-order valence-corrected chi connectivity index (χ3v) is 7.01.